The summed E-state index contributed by atoms with van der Waals surface area (Å²) in [5.41, 5.74) is 0.385. The van der Waals surface area contributed by atoms with Crippen molar-refractivity contribution in [2.24, 2.45) is 0 Å². The molecule has 0 saturated carbocycles. The standard InChI is InChI=1S/C20H17F3N2O2S/c1-4-6-19(24-17-11-9-16(10-12-17)20(21,22)23)15-7-13-18(14-8-15)28(26,27)25(3)5-2/h1-2,7-14,19,24H,6H2,3H3. The largest absolute Gasteiger partial charge is 0.416 e. The number of sulfonamides is 1. The number of alkyl halides is 3. The summed E-state index contributed by atoms with van der Waals surface area (Å²) >= 11 is 0. The Kier molecular flexibility index (Phi) is 6.27. The van der Waals surface area contributed by atoms with E-state index in [9.17, 15) is 21.6 Å². The number of nitrogens with one attached hydrogen (secondary N) is 1. The summed E-state index contributed by atoms with van der Waals surface area (Å²) < 4.78 is 63.2. The second-order valence-electron chi connectivity index (χ2n) is 5.85. The molecule has 0 saturated heterocycles. The summed E-state index contributed by atoms with van der Waals surface area (Å²) in [4.78, 5) is 0.0192. The fraction of sp³-hybridized carbons (Fsp3) is 0.200. The molecule has 28 heavy (non-hydrogen) atoms. The van der Waals surface area contributed by atoms with Gasteiger partial charge >= 0.3 is 6.18 Å². The van der Waals surface area contributed by atoms with Crippen molar-refractivity contribution < 1.29 is 21.6 Å². The number of nitrogens with zero attached hydrogens (tertiary/aromatic N) is 1. The zero-order valence-electron chi connectivity index (χ0n) is 14.9. The first-order valence-electron chi connectivity index (χ1n) is 8.02. The maximum Gasteiger partial charge on any atom is 0.416 e. The molecule has 0 bridgehead atoms. The minimum absolute atomic E-state index is 0.0192. The lowest BCUT2D eigenvalue weighted by atomic mass is 10.0. The van der Waals surface area contributed by atoms with Crippen LogP contribution in [0.25, 0.3) is 0 Å². The Bertz CT molecular complexity index is 1000. The minimum Gasteiger partial charge on any atom is -0.377 e. The third-order valence-corrected chi connectivity index (χ3v) is 5.69. The summed E-state index contributed by atoms with van der Waals surface area (Å²) in [6, 6.07) is 12.2. The lowest BCUT2D eigenvalue weighted by Crippen LogP contribution is -2.21. The second kappa shape index (κ2) is 8.28. The first-order chi connectivity index (χ1) is 13.1. The highest BCUT2D eigenvalue weighted by atomic mass is 32.2. The maximum absolute atomic E-state index is 12.7. The second-order valence-corrected chi connectivity index (χ2v) is 7.82. The van der Waals surface area contributed by atoms with Gasteiger partial charge in [-0.3, -0.25) is 0 Å². The van der Waals surface area contributed by atoms with E-state index in [1.165, 1.54) is 31.3 Å². The average molecular weight is 406 g/mol. The molecule has 0 heterocycles. The maximum atomic E-state index is 12.7. The van der Waals surface area contributed by atoms with Gasteiger partial charge in [-0.2, -0.15) is 13.2 Å². The summed E-state index contributed by atoms with van der Waals surface area (Å²) in [5, 5.41) is 3.06. The lowest BCUT2D eigenvalue weighted by Gasteiger charge is -2.19. The molecule has 146 valence electrons. The summed E-state index contributed by atoms with van der Waals surface area (Å²) in [5.74, 6) is 2.50. The molecule has 8 heteroatoms. The molecule has 1 unspecified atom stereocenters. The zero-order chi connectivity index (χ0) is 20.9. The molecule has 0 spiro atoms. The number of terminal acetylenes is 2. The van der Waals surface area contributed by atoms with Crippen LogP contribution in [0, 0.1) is 24.8 Å². The zero-order valence-corrected chi connectivity index (χ0v) is 15.7. The van der Waals surface area contributed by atoms with Crippen LogP contribution in [0.15, 0.2) is 53.4 Å². The van der Waals surface area contributed by atoms with Gasteiger partial charge in [0.15, 0.2) is 0 Å². The van der Waals surface area contributed by atoms with Gasteiger partial charge < -0.3 is 5.32 Å². The Morgan fingerprint density at radius 2 is 1.64 bits per heavy atom. The molecule has 0 aliphatic heterocycles. The molecule has 2 aromatic carbocycles. The number of rotatable bonds is 6. The van der Waals surface area contributed by atoms with Crippen molar-refractivity contribution in [1.29, 1.82) is 0 Å². The van der Waals surface area contributed by atoms with Crippen LogP contribution in [-0.2, 0) is 16.2 Å². The smallest absolute Gasteiger partial charge is 0.377 e. The highest BCUT2D eigenvalue weighted by molar-refractivity contribution is 7.89. The van der Waals surface area contributed by atoms with Crippen LogP contribution in [0.4, 0.5) is 18.9 Å². The van der Waals surface area contributed by atoms with Gasteiger partial charge in [-0.1, -0.05) is 18.6 Å². The Hall–Kier alpha value is -3.10. The fourth-order valence-electron chi connectivity index (χ4n) is 2.43. The number of anilines is 1. The van der Waals surface area contributed by atoms with Gasteiger partial charge in [0.2, 0.25) is 0 Å². The molecule has 4 nitrogen and oxygen atoms in total. The third kappa shape index (κ3) is 4.79. The van der Waals surface area contributed by atoms with E-state index >= 15 is 0 Å². The van der Waals surface area contributed by atoms with Crippen molar-refractivity contribution in [3.8, 4) is 24.8 Å². The highest BCUT2D eigenvalue weighted by Gasteiger charge is 2.30. The summed E-state index contributed by atoms with van der Waals surface area (Å²) in [6.45, 7) is 0. The van der Waals surface area contributed by atoms with Gasteiger partial charge in [-0.05, 0) is 42.0 Å². The van der Waals surface area contributed by atoms with Crippen molar-refractivity contribution in [1.82, 2.24) is 4.31 Å². The van der Waals surface area contributed by atoms with Crippen LogP contribution in [0.3, 0.4) is 0 Å². The van der Waals surface area contributed by atoms with E-state index in [0.717, 1.165) is 16.4 Å². The van der Waals surface area contributed by atoms with Gasteiger partial charge in [0.25, 0.3) is 10.0 Å². The average Bonchev–Trinajstić information content (AvgIpc) is 2.66. The molecule has 0 aromatic heterocycles. The van der Waals surface area contributed by atoms with Gasteiger partial charge in [0.05, 0.1) is 16.5 Å². The monoisotopic (exact) mass is 406 g/mol. The Labute approximate surface area is 162 Å². The normalized spacial score (nSPS) is 12.5. The fourth-order valence-corrected chi connectivity index (χ4v) is 3.36. The van der Waals surface area contributed by atoms with Crippen LogP contribution in [0.2, 0.25) is 0 Å². The van der Waals surface area contributed by atoms with Crippen LogP contribution in [0.5, 0.6) is 0 Å². The summed E-state index contributed by atoms with van der Waals surface area (Å²) in [6.07, 6.45) is 6.36. The number of hydrogen-bond donors (Lipinski definition) is 1. The molecule has 2 aromatic rings. The minimum atomic E-state index is -4.41. The van der Waals surface area contributed by atoms with E-state index in [1.54, 1.807) is 12.1 Å². The molecular formula is C20H17F3N2O2S. The predicted octanol–water partition coefficient (Wildman–Crippen LogP) is 4.09. The first kappa shape index (κ1) is 21.2. The molecule has 0 fully saturated rings. The van der Waals surface area contributed by atoms with Gasteiger partial charge in [-0.25, -0.2) is 12.7 Å². The first-order valence-corrected chi connectivity index (χ1v) is 9.46. The van der Waals surface area contributed by atoms with Crippen LogP contribution >= 0.6 is 0 Å². The molecule has 1 N–H and O–H groups in total. The van der Waals surface area contributed by atoms with Gasteiger partial charge in [-0.15, -0.1) is 12.3 Å². The molecular weight excluding hydrogens is 389 g/mol. The molecule has 2 rings (SSSR count). The van der Waals surface area contributed by atoms with Crippen LogP contribution < -0.4 is 5.32 Å². The molecule has 0 aliphatic carbocycles. The van der Waals surface area contributed by atoms with Crippen molar-refractivity contribution in [3.63, 3.8) is 0 Å². The number of hydrogen-bond acceptors (Lipinski definition) is 3. The third-order valence-electron chi connectivity index (χ3n) is 4.00. The van der Waals surface area contributed by atoms with E-state index < -0.39 is 27.8 Å². The highest BCUT2D eigenvalue weighted by Crippen LogP contribution is 2.31. The quantitative estimate of drug-likeness (QED) is 0.581. The predicted molar refractivity (Wildman–Crippen MR) is 101 cm³/mol. The van der Waals surface area contributed by atoms with E-state index in [4.69, 9.17) is 12.8 Å². The van der Waals surface area contributed by atoms with Crippen molar-refractivity contribution in [2.75, 3.05) is 12.4 Å². The molecule has 0 amide bonds. The Morgan fingerprint density at radius 1 is 1.07 bits per heavy atom. The Balaban J connectivity index is 2.25. The van der Waals surface area contributed by atoms with Crippen molar-refractivity contribution in [2.45, 2.75) is 23.5 Å². The Morgan fingerprint density at radius 3 is 2.11 bits per heavy atom. The molecule has 0 aliphatic rings. The lowest BCUT2D eigenvalue weighted by molar-refractivity contribution is -0.137. The van der Waals surface area contributed by atoms with Crippen molar-refractivity contribution >= 4 is 15.7 Å². The molecule has 0 radical (unpaired) electrons. The van der Waals surface area contributed by atoms with E-state index in [-0.39, 0.29) is 11.3 Å². The van der Waals surface area contributed by atoms with E-state index in [1.807, 2.05) is 6.04 Å². The van der Waals surface area contributed by atoms with Gasteiger partial charge in [0, 0.05) is 25.2 Å². The summed E-state index contributed by atoms with van der Waals surface area (Å²) in [7, 11) is -2.53. The number of halogens is 3. The van der Waals surface area contributed by atoms with Crippen LogP contribution in [0.1, 0.15) is 23.6 Å². The molecule has 1 atom stereocenters. The van der Waals surface area contributed by atoms with E-state index in [2.05, 4.69) is 11.2 Å². The van der Waals surface area contributed by atoms with E-state index in [0.29, 0.717) is 11.3 Å². The van der Waals surface area contributed by atoms with Crippen molar-refractivity contribution in [3.05, 3.63) is 59.7 Å². The van der Waals surface area contributed by atoms with Gasteiger partial charge in [0.1, 0.15) is 0 Å². The number of benzene rings is 2. The van der Waals surface area contributed by atoms with Crippen LogP contribution in [-0.4, -0.2) is 19.8 Å². The topological polar surface area (TPSA) is 49.4 Å². The SMILES string of the molecule is C#CCC(Nc1ccc(C(F)(F)F)cc1)c1ccc(S(=O)(=O)N(C)C#C)cc1.